The van der Waals surface area contributed by atoms with E-state index in [0.29, 0.717) is 0 Å². The molecule has 8 heteroatoms. The third-order valence-corrected chi connectivity index (χ3v) is 1.75. The molecular formula is C7H10N4O4. The number of hydroxylamine groups is 2. The fraction of sp³-hybridized carbons (Fsp3) is 0.429. The number of likely N-dealkylation sites (N-methyl/N-ethyl adjacent to an activating group) is 1. The predicted molar refractivity (Wildman–Crippen MR) is 48.7 cm³/mol. The molecule has 0 fully saturated rings. The molecule has 1 aromatic rings. The van der Waals surface area contributed by atoms with Crippen LogP contribution in [0.1, 0.15) is 0 Å². The summed E-state index contributed by atoms with van der Waals surface area (Å²) in [4.78, 5) is 25.7. The SMILES string of the molecule is CON(C)C(=O)Cn1cc([N+](=O)[O-])cn1. The summed E-state index contributed by atoms with van der Waals surface area (Å²) in [6.45, 7) is -0.0990. The van der Waals surface area contributed by atoms with E-state index < -0.39 is 4.92 Å². The van der Waals surface area contributed by atoms with E-state index in [-0.39, 0.29) is 18.1 Å². The first kappa shape index (κ1) is 11.1. The van der Waals surface area contributed by atoms with Gasteiger partial charge in [-0.05, 0) is 0 Å². The first-order chi connectivity index (χ1) is 7.04. The Morgan fingerprint density at radius 1 is 1.80 bits per heavy atom. The number of carbonyl (C=O) groups excluding carboxylic acids is 1. The Morgan fingerprint density at radius 3 is 2.93 bits per heavy atom. The molecule has 8 nitrogen and oxygen atoms in total. The van der Waals surface area contributed by atoms with Crippen LogP contribution in [0.2, 0.25) is 0 Å². The van der Waals surface area contributed by atoms with Crippen LogP contribution in [0, 0.1) is 10.1 Å². The van der Waals surface area contributed by atoms with Gasteiger partial charge in [0.2, 0.25) is 0 Å². The van der Waals surface area contributed by atoms with Gasteiger partial charge in [-0.25, -0.2) is 5.06 Å². The van der Waals surface area contributed by atoms with Crippen LogP contribution in [0.4, 0.5) is 5.69 Å². The van der Waals surface area contributed by atoms with E-state index in [1.54, 1.807) is 0 Å². The number of nitro groups is 1. The lowest BCUT2D eigenvalue weighted by Crippen LogP contribution is -2.29. The summed E-state index contributed by atoms with van der Waals surface area (Å²) < 4.78 is 1.18. The fourth-order valence-electron chi connectivity index (χ4n) is 0.873. The quantitative estimate of drug-likeness (QED) is 0.511. The Hall–Kier alpha value is -1.96. The summed E-state index contributed by atoms with van der Waals surface area (Å²) in [7, 11) is 2.80. The van der Waals surface area contributed by atoms with Crippen molar-refractivity contribution in [2.75, 3.05) is 14.2 Å². The van der Waals surface area contributed by atoms with Crippen molar-refractivity contribution in [3.05, 3.63) is 22.5 Å². The third kappa shape index (κ3) is 2.74. The second-order valence-corrected chi connectivity index (χ2v) is 2.73. The normalized spacial score (nSPS) is 10.0. The van der Waals surface area contributed by atoms with Crippen LogP contribution >= 0.6 is 0 Å². The van der Waals surface area contributed by atoms with Gasteiger partial charge in [0.15, 0.2) is 0 Å². The van der Waals surface area contributed by atoms with Gasteiger partial charge in [-0.2, -0.15) is 5.10 Å². The molecule has 0 spiro atoms. The molecule has 0 aliphatic carbocycles. The number of nitrogens with zero attached hydrogens (tertiary/aromatic N) is 4. The lowest BCUT2D eigenvalue weighted by atomic mass is 10.5. The molecule has 82 valence electrons. The highest BCUT2D eigenvalue weighted by Crippen LogP contribution is 2.07. The van der Waals surface area contributed by atoms with Crippen molar-refractivity contribution >= 4 is 11.6 Å². The van der Waals surface area contributed by atoms with E-state index in [4.69, 9.17) is 0 Å². The topological polar surface area (TPSA) is 90.5 Å². The van der Waals surface area contributed by atoms with Crippen LogP contribution in [0.3, 0.4) is 0 Å². The standard InChI is InChI=1S/C7H10N4O4/c1-9(15-2)7(12)5-10-4-6(3-8-10)11(13)14/h3-4H,5H2,1-2H3. The van der Waals surface area contributed by atoms with Crippen molar-refractivity contribution < 1.29 is 14.6 Å². The summed E-state index contributed by atoms with van der Waals surface area (Å²) >= 11 is 0. The van der Waals surface area contributed by atoms with Crippen molar-refractivity contribution in [2.45, 2.75) is 6.54 Å². The maximum Gasteiger partial charge on any atom is 0.307 e. The number of aromatic nitrogens is 2. The van der Waals surface area contributed by atoms with Crippen LogP contribution in [-0.2, 0) is 16.2 Å². The van der Waals surface area contributed by atoms with Gasteiger partial charge in [-0.15, -0.1) is 0 Å². The van der Waals surface area contributed by atoms with Gasteiger partial charge < -0.3 is 0 Å². The van der Waals surface area contributed by atoms with Crippen molar-refractivity contribution in [1.29, 1.82) is 0 Å². The van der Waals surface area contributed by atoms with E-state index in [2.05, 4.69) is 9.94 Å². The number of carbonyl (C=O) groups is 1. The Balaban J connectivity index is 2.65. The maximum atomic E-state index is 11.3. The molecule has 0 aromatic carbocycles. The molecular weight excluding hydrogens is 204 g/mol. The van der Waals surface area contributed by atoms with Gasteiger partial charge >= 0.3 is 5.69 Å². The minimum absolute atomic E-state index is 0.0990. The van der Waals surface area contributed by atoms with E-state index in [1.165, 1.54) is 25.0 Å². The average Bonchev–Trinajstić information content (AvgIpc) is 2.65. The van der Waals surface area contributed by atoms with Crippen LogP contribution in [0.15, 0.2) is 12.4 Å². The molecule has 0 atom stereocenters. The molecule has 15 heavy (non-hydrogen) atoms. The first-order valence-corrected chi connectivity index (χ1v) is 4.02. The summed E-state index contributed by atoms with van der Waals surface area (Å²) in [5, 5.41) is 15.0. The fourth-order valence-corrected chi connectivity index (χ4v) is 0.873. The number of rotatable bonds is 4. The molecule has 1 aromatic heterocycles. The molecule has 1 rings (SSSR count). The molecule has 0 unspecified atom stereocenters. The lowest BCUT2D eigenvalue weighted by molar-refractivity contribution is -0.385. The average molecular weight is 214 g/mol. The zero-order valence-electron chi connectivity index (χ0n) is 8.28. The zero-order chi connectivity index (χ0) is 11.4. The van der Waals surface area contributed by atoms with Crippen molar-refractivity contribution in [3.63, 3.8) is 0 Å². The van der Waals surface area contributed by atoms with Gasteiger partial charge in [0.25, 0.3) is 5.91 Å². The Labute approximate surface area is 85.1 Å². The molecule has 0 aliphatic heterocycles. The van der Waals surface area contributed by atoms with Gasteiger partial charge in [0.05, 0.1) is 12.0 Å². The highest BCUT2D eigenvalue weighted by atomic mass is 16.7. The number of hydrogen-bond donors (Lipinski definition) is 0. The molecule has 0 saturated carbocycles. The Kier molecular flexibility index (Phi) is 3.34. The smallest absolute Gasteiger partial charge is 0.275 e. The second-order valence-electron chi connectivity index (χ2n) is 2.73. The molecule has 1 heterocycles. The van der Waals surface area contributed by atoms with Crippen molar-refractivity contribution in [2.24, 2.45) is 0 Å². The first-order valence-electron chi connectivity index (χ1n) is 4.02. The molecule has 0 saturated heterocycles. The van der Waals surface area contributed by atoms with Crippen LogP contribution in [-0.4, -0.2) is 39.8 Å². The van der Waals surface area contributed by atoms with Crippen LogP contribution < -0.4 is 0 Å². The molecule has 1 amide bonds. The monoisotopic (exact) mass is 214 g/mol. The summed E-state index contributed by atoms with van der Waals surface area (Å²) in [6, 6.07) is 0. The summed E-state index contributed by atoms with van der Waals surface area (Å²) in [5.41, 5.74) is -0.150. The third-order valence-electron chi connectivity index (χ3n) is 1.75. The van der Waals surface area contributed by atoms with Crippen molar-refractivity contribution in [3.8, 4) is 0 Å². The molecule has 0 aliphatic rings. The van der Waals surface area contributed by atoms with E-state index in [0.717, 1.165) is 11.3 Å². The minimum atomic E-state index is -0.575. The molecule has 0 radical (unpaired) electrons. The van der Waals surface area contributed by atoms with E-state index in [9.17, 15) is 14.9 Å². The summed E-state index contributed by atoms with van der Waals surface area (Å²) in [6.07, 6.45) is 2.27. The molecule has 0 N–H and O–H groups in total. The zero-order valence-corrected chi connectivity index (χ0v) is 8.28. The molecule has 0 bridgehead atoms. The highest BCUT2D eigenvalue weighted by Gasteiger charge is 2.13. The van der Waals surface area contributed by atoms with Crippen molar-refractivity contribution in [1.82, 2.24) is 14.8 Å². The number of amides is 1. The predicted octanol–water partition coefficient (Wildman–Crippen LogP) is -0.189. The summed E-state index contributed by atoms with van der Waals surface area (Å²) in [5.74, 6) is -0.351. The lowest BCUT2D eigenvalue weighted by Gasteiger charge is -2.12. The van der Waals surface area contributed by atoms with E-state index in [1.807, 2.05) is 0 Å². The van der Waals surface area contributed by atoms with Gasteiger partial charge in [0, 0.05) is 7.05 Å². The largest absolute Gasteiger partial charge is 0.307 e. The van der Waals surface area contributed by atoms with Gasteiger partial charge in [0.1, 0.15) is 18.9 Å². The van der Waals surface area contributed by atoms with Gasteiger partial charge in [-0.1, -0.05) is 0 Å². The van der Waals surface area contributed by atoms with Gasteiger partial charge in [-0.3, -0.25) is 24.4 Å². The Morgan fingerprint density at radius 2 is 2.47 bits per heavy atom. The Bertz CT molecular complexity index is 375. The minimum Gasteiger partial charge on any atom is -0.275 e. The highest BCUT2D eigenvalue weighted by molar-refractivity contribution is 5.74. The van der Waals surface area contributed by atoms with E-state index >= 15 is 0 Å². The number of hydrogen-bond acceptors (Lipinski definition) is 5. The van der Waals surface area contributed by atoms with Crippen LogP contribution in [0.5, 0.6) is 0 Å². The maximum absolute atomic E-state index is 11.3. The van der Waals surface area contributed by atoms with Crippen LogP contribution in [0.25, 0.3) is 0 Å². The second kappa shape index (κ2) is 4.51.